The SMILES string of the molecule is CCC(C)C(=O)Oc1ccc(C(C)(C)c2ccc(OC(C)(C)CC)c(C)c2)cc1C. The molecule has 0 N–H and O–H groups in total. The number of carbonyl (C=O) groups excluding carboxylic acids is 1. The molecule has 3 nitrogen and oxygen atoms in total. The third-order valence-electron chi connectivity index (χ3n) is 6.26. The lowest BCUT2D eigenvalue weighted by atomic mass is 9.77. The maximum absolute atomic E-state index is 12.2. The van der Waals surface area contributed by atoms with E-state index in [2.05, 4.69) is 71.9 Å². The normalized spacial score (nSPS) is 13.1. The molecule has 0 aliphatic heterocycles. The molecule has 0 heterocycles. The summed E-state index contributed by atoms with van der Waals surface area (Å²) in [6.07, 6.45) is 1.73. The highest BCUT2D eigenvalue weighted by atomic mass is 16.5. The summed E-state index contributed by atoms with van der Waals surface area (Å²) in [5.41, 5.74) is 4.15. The molecule has 0 amide bonds. The Bertz CT molecular complexity index is 893. The van der Waals surface area contributed by atoms with Gasteiger partial charge in [-0.2, -0.15) is 0 Å². The average Bonchev–Trinajstić information content (AvgIpc) is 2.69. The summed E-state index contributed by atoms with van der Waals surface area (Å²) in [5, 5.41) is 0. The molecule has 0 bridgehead atoms. The van der Waals surface area contributed by atoms with E-state index in [0.29, 0.717) is 5.75 Å². The Morgan fingerprint density at radius 1 is 0.900 bits per heavy atom. The van der Waals surface area contributed by atoms with Crippen LogP contribution in [0.15, 0.2) is 36.4 Å². The van der Waals surface area contributed by atoms with Crippen molar-refractivity contribution >= 4 is 5.97 Å². The van der Waals surface area contributed by atoms with Gasteiger partial charge in [0.25, 0.3) is 0 Å². The van der Waals surface area contributed by atoms with Crippen molar-refractivity contribution in [2.45, 2.75) is 86.2 Å². The highest BCUT2D eigenvalue weighted by Gasteiger charge is 2.26. The fraction of sp³-hybridized carbons (Fsp3) is 0.519. The molecule has 30 heavy (non-hydrogen) atoms. The first-order chi connectivity index (χ1) is 13.9. The lowest BCUT2D eigenvalue weighted by Gasteiger charge is -2.29. The number of benzene rings is 2. The van der Waals surface area contributed by atoms with Crippen LogP contribution in [-0.4, -0.2) is 11.6 Å². The van der Waals surface area contributed by atoms with Gasteiger partial charge in [-0.15, -0.1) is 0 Å². The zero-order valence-electron chi connectivity index (χ0n) is 20.2. The molecular formula is C27H38O3. The van der Waals surface area contributed by atoms with Crippen LogP contribution >= 0.6 is 0 Å². The quantitative estimate of drug-likeness (QED) is 0.342. The van der Waals surface area contributed by atoms with Crippen LogP contribution in [0.4, 0.5) is 0 Å². The van der Waals surface area contributed by atoms with Gasteiger partial charge in [0.2, 0.25) is 0 Å². The Kier molecular flexibility index (Phi) is 7.39. The van der Waals surface area contributed by atoms with E-state index >= 15 is 0 Å². The number of hydrogen-bond donors (Lipinski definition) is 0. The van der Waals surface area contributed by atoms with E-state index in [9.17, 15) is 4.79 Å². The molecule has 1 atom stereocenters. The average molecular weight is 411 g/mol. The van der Waals surface area contributed by atoms with Crippen molar-refractivity contribution in [3.63, 3.8) is 0 Å². The van der Waals surface area contributed by atoms with Crippen molar-refractivity contribution in [2.75, 3.05) is 0 Å². The lowest BCUT2D eigenvalue weighted by molar-refractivity contribution is -0.138. The molecule has 1 unspecified atom stereocenters. The Labute approximate surface area is 182 Å². The largest absolute Gasteiger partial charge is 0.488 e. The fourth-order valence-electron chi connectivity index (χ4n) is 3.22. The third kappa shape index (κ3) is 5.44. The van der Waals surface area contributed by atoms with Gasteiger partial charge < -0.3 is 9.47 Å². The van der Waals surface area contributed by atoms with E-state index < -0.39 is 0 Å². The van der Waals surface area contributed by atoms with Crippen LogP contribution < -0.4 is 9.47 Å². The predicted molar refractivity (Wildman–Crippen MR) is 125 cm³/mol. The minimum atomic E-state index is -0.187. The Morgan fingerprint density at radius 3 is 1.83 bits per heavy atom. The van der Waals surface area contributed by atoms with E-state index in [4.69, 9.17) is 9.47 Å². The summed E-state index contributed by atoms with van der Waals surface area (Å²) in [7, 11) is 0. The minimum Gasteiger partial charge on any atom is -0.488 e. The van der Waals surface area contributed by atoms with Gasteiger partial charge in [0.1, 0.15) is 17.1 Å². The van der Waals surface area contributed by atoms with Crippen molar-refractivity contribution in [2.24, 2.45) is 5.92 Å². The minimum absolute atomic E-state index is 0.0955. The van der Waals surface area contributed by atoms with Crippen LogP contribution in [-0.2, 0) is 10.2 Å². The molecule has 3 heteroatoms. The summed E-state index contributed by atoms with van der Waals surface area (Å²) in [6, 6.07) is 12.6. The first kappa shape index (κ1) is 24.0. The molecule has 0 fully saturated rings. The maximum Gasteiger partial charge on any atom is 0.314 e. The fourth-order valence-corrected chi connectivity index (χ4v) is 3.22. The highest BCUT2D eigenvalue weighted by molar-refractivity contribution is 5.75. The van der Waals surface area contributed by atoms with E-state index in [1.807, 2.05) is 26.8 Å². The van der Waals surface area contributed by atoms with Crippen molar-refractivity contribution in [1.29, 1.82) is 0 Å². The van der Waals surface area contributed by atoms with E-state index in [0.717, 1.165) is 29.7 Å². The molecule has 0 aromatic heterocycles. The molecule has 0 aliphatic carbocycles. The second-order valence-electron chi connectivity index (χ2n) is 9.53. The molecule has 0 radical (unpaired) electrons. The second-order valence-corrected chi connectivity index (χ2v) is 9.53. The first-order valence-electron chi connectivity index (χ1n) is 11.0. The molecule has 0 saturated carbocycles. The molecule has 164 valence electrons. The number of rotatable bonds is 8. The van der Waals surface area contributed by atoms with Gasteiger partial charge in [0, 0.05) is 5.41 Å². The smallest absolute Gasteiger partial charge is 0.314 e. The van der Waals surface area contributed by atoms with Crippen molar-refractivity contribution < 1.29 is 14.3 Å². The van der Waals surface area contributed by atoms with Crippen molar-refractivity contribution in [1.82, 2.24) is 0 Å². The maximum atomic E-state index is 12.2. The van der Waals surface area contributed by atoms with E-state index in [1.165, 1.54) is 11.1 Å². The Morgan fingerprint density at radius 2 is 1.40 bits per heavy atom. The van der Waals surface area contributed by atoms with Crippen LogP contribution in [0, 0.1) is 19.8 Å². The molecule has 2 rings (SSSR count). The monoisotopic (exact) mass is 410 g/mol. The summed E-state index contributed by atoms with van der Waals surface area (Å²) < 4.78 is 11.8. The number of esters is 1. The molecule has 2 aromatic rings. The van der Waals surface area contributed by atoms with Gasteiger partial charge in [-0.3, -0.25) is 4.79 Å². The van der Waals surface area contributed by atoms with Crippen molar-refractivity contribution in [3.05, 3.63) is 58.7 Å². The highest BCUT2D eigenvalue weighted by Crippen LogP contribution is 2.36. The summed E-state index contributed by atoms with van der Waals surface area (Å²) in [4.78, 5) is 12.2. The number of hydrogen-bond acceptors (Lipinski definition) is 3. The van der Waals surface area contributed by atoms with Crippen LogP contribution in [0.1, 0.15) is 83.6 Å². The number of aryl methyl sites for hydroxylation is 2. The van der Waals surface area contributed by atoms with Crippen LogP contribution in [0.5, 0.6) is 11.5 Å². The van der Waals surface area contributed by atoms with Crippen molar-refractivity contribution in [3.8, 4) is 11.5 Å². The first-order valence-corrected chi connectivity index (χ1v) is 11.0. The topological polar surface area (TPSA) is 35.5 Å². The zero-order valence-corrected chi connectivity index (χ0v) is 20.2. The Hall–Kier alpha value is -2.29. The second kappa shape index (κ2) is 9.24. The van der Waals surface area contributed by atoms with Crippen LogP contribution in [0.2, 0.25) is 0 Å². The number of ether oxygens (including phenoxy) is 2. The summed E-state index contributed by atoms with van der Waals surface area (Å²) in [6.45, 7) is 18.8. The molecular weight excluding hydrogens is 372 g/mol. The summed E-state index contributed by atoms with van der Waals surface area (Å²) >= 11 is 0. The van der Waals surface area contributed by atoms with Crippen LogP contribution in [0.3, 0.4) is 0 Å². The standard InChI is InChI=1S/C27H38O3/c1-10-18(3)25(28)29-23-14-12-21(16-19(23)4)27(8,9)22-13-15-24(20(5)17-22)30-26(6,7)11-2/h12-18H,10-11H2,1-9H3. The number of carbonyl (C=O) groups is 1. The zero-order chi connectivity index (χ0) is 22.7. The molecule has 0 spiro atoms. The lowest BCUT2D eigenvalue weighted by Crippen LogP contribution is -2.27. The molecule has 2 aromatic carbocycles. The van der Waals surface area contributed by atoms with Gasteiger partial charge >= 0.3 is 5.97 Å². The third-order valence-corrected chi connectivity index (χ3v) is 6.26. The van der Waals surface area contributed by atoms with E-state index in [1.54, 1.807) is 0 Å². The molecule has 0 aliphatic rings. The van der Waals surface area contributed by atoms with Gasteiger partial charge in [0.05, 0.1) is 5.92 Å². The van der Waals surface area contributed by atoms with Gasteiger partial charge in [-0.25, -0.2) is 0 Å². The summed E-state index contributed by atoms with van der Waals surface area (Å²) in [5.74, 6) is 1.31. The van der Waals surface area contributed by atoms with Crippen LogP contribution in [0.25, 0.3) is 0 Å². The van der Waals surface area contributed by atoms with Gasteiger partial charge in [-0.05, 0) is 74.9 Å². The molecule has 0 saturated heterocycles. The van der Waals surface area contributed by atoms with E-state index in [-0.39, 0.29) is 22.9 Å². The van der Waals surface area contributed by atoms with Gasteiger partial charge in [0.15, 0.2) is 0 Å². The Balaban J connectivity index is 2.29. The van der Waals surface area contributed by atoms with Gasteiger partial charge in [-0.1, -0.05) is 58.9 Å². The predicted octanol–water partition coefficient (Wildman–Crippen LogP) is 7.15.